The van der Waals surface area contributed by atoms with Gasteiger partial charge >= 0.3 is 0 Å². The lowest BCUT2D eigenvalue weighted by Gasteiger charge is -2.36. The largest absolute Gasteiger partial charge is 0.454 e. The third-order valence-corrected chi connectivity index (χ3v) is 5.76. The summed E-state index contributed by atoms with van der Waals surface area (Å²) in [5, 5.41) is 3.84. The minimum absolute atomic E-state index is 0.0301. The minimum atomic E-state index is -0.0904. The lowest BCUT2D eigenvalue weighted by Crippen LogP contribution is -2.49. The summed E-state index contributed by atoms with van der Waals surface area (Å²) in [4.78, 5) is 17.1. The van der Waals surface area contributed by atoms with Gasteiger partial charge in [-0.1, -0.05) is 23.7 Å². The van der Waals surface area contributed by atoms with E-state index in [1.54, 1.807) is 0 Å². The molecule has 1 atom stereocenters. The van der Waals surface area contributed by atoms with Gasteiger partial charge in [-0.3, -0.25) is 9.69 Å². The first kappa shape index (κ1) is 19.9. The number of rotatable bonds is 5. The molecule has 4 rings (SSSR count). The molecule has 0 bridgehead atoms. The standard InChI is InChI=1S/C22H26ClN3O3/c1-15-3-5-18(23)12-19(15)26-9-7-25(8-10-26)13-22(27)24-16(2)17-4-6-20-21(11-17)29-14-28-20/h3-6,11-12,16H,7-10,13-14H2,1-2H3,(H,24,27)/t16-/m1/s1. The molecule has 1 fully saturated rings. The predicted octanol–water partition coefficient (Wildman–Crippen LogP) is 3.38. The molecule has 154 valence electrons. The van der Waals surface area contributed by atoms with E-state index in [1.807, 2.05) is 37.3 Å². The van der Waals surface area contributed by atoms with Crippen LogP contribution in [0.2, 0.25) is 5.02 Å². The van der Waals surface area contributed by atoms with Gasteiger partial charge in [0.1, 0.15) is 0 Å². The second-order valence-corrected chi connectivity index (χ2v) is 8.03. The molecule has 2 heterocycles. The Hall–Kier alpha value is -2.44. The molecular weight excluding hydrogens is 390 g/mol. The Bertz CT molecular complexity index is 897. The van der Waals surface area contributed by atoms with Crippen molar-refractivity contribution < 1.29 is 14.3 Å². The first-order valence-electron chi connectivity index (χ1n) is 9.92. The molecule has 0 unspecified atom stereocenters. The topological polar surface area (TPSA) is 54.0 Å². The van der Waals surface area contributed by atoms with E-state index in [9.17, 15) is 4.79 Å². The lowest BCUT2D eigenvalue weighted by molar-refractivity contribution is -0.123. The molecule has 1 saturated heterocycles. The number of hydrogen-bond acceptors (Lipinski definition) is 5. The van der Waals surface area contributed by atoms with E-state index in [0.717, 1.165) is 48.3 Å². The van der Waals surface area contributed by atoms with Crippen molar-refractivity contribution in [1.82, 2.24) is 10.2 Å². The Morgan fingerprint density at radius 1 is 1.10 bits per heavy atom. The van der Waals surface area contributed by atoms with Gasteiger partial charge in [0.25, 0.3) is 0 Å². The summed E-state index contributed by atoms with van der Waals surface area (Å²) in [5.74, 6) is 1.51. The highest BCUT2D eigenvalue weighted by molar-refractivity contribution is 6.30. The number of hydrogen-bond donors (Lipinski definition) is 1. The van der Waals surface area contributed by atoms with Gasteiger partial charge in [-0.05, 0) is 49.2 Å². The van der Waals surface area contributed by atoms with Crippen LogP contribution in [0.1, 0.15) is 24.1 Å². The van der Waals surface area contributed by atoms with Gasteiger partial charge in [-0.2, -0.15) is 0 Å². The van der Waals surface area contributed by atoms with Crippen LogP contribution in [-0.2, 0) is 4.79 Å². The van der Waals surface area contributed by atoms with Crippen molar-refractivity contribution in [1.29, 1.82) is 0 Å². The number of halogens is 1. The van der Waals surface area contributed by atoms with Crippen molar-refractivity contribution in [2.75, 3.05) is 44.4 Å². The molecule has 0 spiro atoms. The van der Waals surface area contributed by atoms with Crippen molar-refractivity contribution >= 4 is 23.2 Å². The molecule has 0 radical (unpaired) electrons. The number of nitrogens with one attached hydrogen (secondary N) is 1. The Balaban J connectivity index is 1.28. The fourth-order valence-corrected chi connectivity index (χ4v) is 3.99. The van der Waals surface area contributed by atoms with Crippen LogP contribution in [0.4, 0.5) is 5.69 Å². The minimum Gasteiger partial charge on any atom is -0.454 e. The lowest BCUT2D eigenvalue weighted by atomic mass is 10.1. The second kappa shape index (κ2) is 8.51. The monoisotopic (exact) mass is 415 g/mol. The van der Waals surface area contributed by atoms with Gasteiger partial charge in [-0.15, -0.1) is 0 Å². The molecule has 6 nitrogen and oxygen atoms in total. The third kappa shape index (κ3) is 4.60. The van der Waals surface area contributed by atoms with Crippen molar-refractivity contribution in [2.45, 2.75) is 19.9 Å². The Kier molecular flexibility index (Phi) is 5.83. The van der Waals surface area contributed by atoms with E-state index in [2.05, 4.69) is 28.1 Å². The Morgan fingerprint density at radius 3 is 2.66 bits per heavy atom. The van der Waals surface area contributed by atoms with Crippen LogP contribution >= 0.6 is 11.6 Å². The van der Waals surface area contributed by atoms with E-state index < -0.39 is 0 Å². The zero-order chi connectivity index (χ0) is 20.4. The molecule has 0 aromatic heterocycles. The average molecular weight is 416 g/mol. The first-order valence-corrected chi connectivity index (χ1v) is 10.3. The van der Waals surface area contributed by atoms with E-state index in [-0.39, 0.29) is 18.7 Å². The van der Waals surface area contributed by atoms with Gasteiger partial charge in [0, 0.05) is 36.9 Å². The predicted molar refractivity (Wildman–Crippen MR) is 114 cm³/mol. The molecular formula is C22H26ClN3O3. The molecule has 0 saturated carbocycles. The molecule has 29 heavy (non-hydrogen) atoms. The van der Waals surface area contributed by atoms with E-state index in [1.165, 1.54) is 11.3 Å². The SMILES string of the molecule is Cc1ccc(Cl)cc1N1CCN(CC(=O)N[C@H](C)c2ccc3c(c2)OCO3)CC1. The number of nitrogens with zero attached hydrogens (tertiary/aromatic N) is 2. The van der Waals surface area contributed by atoms with Gasteiger partial charge in [-0.25, -0.2) is 0 Å². The smallest absolute Gasteiger partial charge is 0.234 e. The summed E-state index contributed by atoms with van der Waals surface area (Å²) in [6, 6.07) is 11.7. The number of carbonyl (C=O) groups excluding carboxylic acids is 1. The van der Waals surface area contributed by atoms with Crippen LogP contribution < -0.4 is 19.7 Å². The normalized spacial score (nSPS) is 17.3. The van der Waals surface area contributed by atoms with Crippen molar-refractivity contribution in [3.8, 4) is 11.5 Å². The van der Waals surface area contributed by atoms with Crippen LogP contribution in [0, 0.1) is 6.92 Å². The van der Waals surface area contributed by atoms with E-state index in [4.69, 9.17) is 21.1 Å². The maximum absolute atomic E-state index is 12.5. The number of aryl methyl sites for hydroxylation is 1. The number of piperazine rings is 1. The van der Waals surface area contributed by atoms with Gasteiger partial charge < -0.3 is 19.7 Å². The summed E-state index contributed by atoms with van der Waals surface area (Å²) >= 11 is 6.16. The number of ether oxygens (including phenoxy) is 2. The fourth-order valence-electron chi connectivity index (χ4n) is 3.83. The summed E-state index contributed by atoms with van der Waals surface area (Å²) in [5.41, 5.74) is 3.40. The number of amides is 1. The number of carbonyl (C=O) groups is 1. The highest BCUT2D eigenvalue weighted by atomic mass is 35.5. The van der Waals surface area contributed by atoms with Crippen LogP contribution in [0.3, 0.4) is 0 Å². The molecule has 1 amide bonds. The van der Waals surface area contributed by atoms with Crippen molar-refractivity contribution in [3.63, 3.8) is 0 Å². The zero-order valence-electron chi connectivity index (χ0n) is 16.8. The van der Waals surface area contributed by atoms with Gasteiger partial charge in [0.2, 0.25) is 12.7 Å². The second-order valence-electron chi connectivity index (χ2n) is 7.60. The van der Waals surface area contributed by atoms with Crippen LogP contribution in [0.15, 0.2) is 36.4 Å². The molecule has 7 heteroatoms. The molecule has 2 aliphatic heterocycles. The number of anilines is 1. The van der Waals surface area contributed by atoms with E-state index >= 15 is 0 Å². The highest BCUT2D eigenvalue weighted by Gasteiger charge is 2.22. The van der Waals surface area contributed by atoms with Crippen LogP contribution in [-0.4, -0.2) is 50.3 Å². The Morgan fingerprint density at radius 2 is 1.86 bits per heavy atom. The zero-order valence-corrected chi connectivity index (χ0v) is 17.5. The maximum atomic E-state index is 12.5. The first-order chi connectivity index (χ1) is 14.0. The summed E-state index contributed by atoms with van der Waals surface area (Å²) < 4.78 is 10.8. The quantitative estimate of drug-likeness (QED) is 0.811. The van der Waals surface area contributed by atoms with Gasteiger partial charge in [0.15, 0.2) is 11.5 Å². The highest BCUT2D eigenvalue weighted by Crippen LogP contribution is 2.34. The molecule has 0 aliphatic carbocycles. The van der Waals surface area contributed by atoms with E-state index in [0.29, 0.717) is 6.54 Å². The fraction of sp³-hybridized carbons (Fsp3) is 0.409. The summed E-state index contributed by atoms with van der Waals surface area (Å²) in [6.45, 7) is 8.18. The molecule has 1 N–H and O–H groups in total. The number of fused-ring (bicyclic) bond motifs is 1. The average Bonchev–Trinajstić information content (AvgIpc) is 3.18. The van der Waals surface area contributed by atoms with Crippen molar-refractivity contribution in [2.24, 2.45) is 0 Å². The van der Waals surface area contributed by atoms with Crippen LogP contribution in [0.25, 0.3) is 0 Å². The summed E-state index contributed by atoms with van der Waals surface area (Å²) in [7, 11) is 0. The number of benzene rings is 2. The summed E-state index contributed by atoms with van der Waals surface area (Å²) in [6.07, 6.45) is 0. The molecule has 2 aliphatic rings. The Labute approximate surface area is 176 Å². The third-order valence-electron chi connectivity index (χ3n) is 5.53. The van der Waals surface area contributed by atoms with Crippen LogP contribution in [0.5, 0.6) is 11.5 Å². The van der Waals surface area contributed by atoms with Gasteiger partial charge in [0.05, 0.1) is 12.6 Å². The van der Waals surface area contributed by atoms with Crippen molar-refractivity contribution in [3.05, 3.63) is 52.5 Å². The molecule has 2 aromatic carbocycles. The molecule has 2 aromatic rings. The maximum Gasteiger partial charge on any atom is 0.234 e.